The summed E-state index contributed by atoms with van der Waals surface area (Å²) < 4.78 is 38.3. The number of fused-ring (bicyclic) bond motifs is 1. The molecule has 4 heteroatoms. The Bertz CT molecular complexity index is 442. The van der Waals surface area contributed by atoms with Gasteiger partial charge in [-0.2, -0.15) is 13.2 Å². The van der Waals surface area contributed by atoms with Gasteiger partial charge in [-0.1, -0.05) is 32.1 Å². The van der Waals surface area contributed by atoms with Crippen LogP contribution < -0.4 is 0 Å². The van der Waals surface area contributed by atoms with Gasteiger partial charge >= 0.3 is 6.18 Å². The number of allylic oxidation sites excluding steroid dienone is 6. The van der Waals surface area contributed by atoms with Crippen molar-refractivity contribution in [1.29, 1.82) is 0 Å². The summed E-state index contributed by atoms with van der Waals surface area (Å²) in [7, 11) is 0. The largest absolute Gasteiger partial charge is 0.417 e. The van der Waals surface area contributed by atoms with Gasteiger partial charge in [0.15, 0.2) is 0 Å². The number of carbonyl (C=O) groups is 1. The molecule has 1 fully saturated rings. The topological polar surface area (TPSA) is 17.1 Å². The van der Waals surface area contributed by atoms with E-state index in [4.69, 9.17) is 0 Å². The predicted molar refractivity (Wildman–Crippen MR) is 58.2 cm³/mol. The molecule has 0 heterocycles. The van der Waals surface area contributed by atoms with Gasteiger partial charge in [-0.25, -0.2) is 0 Å². The van der Waals surface area contributed by atoms with Crippen molar-refractivity contribution in [3.8, 4) is 0 Å². The molecule has 2 unspecified atom stereocenters. The van der Waals surface area contributed by atoms with Gasteiger partial charge in [-0.15, -0.1) is 0 Å². The third kappa shape index (κ3) is 1.85. The van der Waals surface area contributed by atoms with Crippen molar-refractivity contribution >= 4 is 6.29 Å². The Hall–Kier alpha value is -1.32. The van der Waals surface area contributed by atoms with E-state index in [1.807, 2.05) is 13.8 Å². The highest BCUT2D eigenvalue weighted by molar-refractivity contribution is 5.81. The van der Waals surface area contributed by atoms with Crippen LogP contribution in [0.4, 0.5) is 13.2 Å². The lowest BCUT2D eigenvalue weighted by molar-refractivity contribution is -0.108. The molecule has 17 heavy (non-hydrogen) atoms. The van der Waals surface area contributed by atoms with Gasteiger partial charge in [-0.05, 0) is 23.3 Å². The lowest BCUT2D eigenvalue weighted by Crippen LogP contribution is -2.16. The molecule has 0 amide bonds. The zero-order chi connectivity index (χ0) is 12.8. The molecule has 0 saturated heterocycles. The monoisotopic (exact) mass is 242 g/mol. The van der Waals surface area contributed by atoms with Gasteiger partial charge in [-0.3, -0.25) is 4.79 Å². The Morgan fingerprint density at radius 1 is 1.41 bits per heavy atom. The number of hydrogen-bond donors (Lipinski definition) is 0. The van der Waals surface area contributed by atoms with Crippen LogP contribution in [-0.4, -0.2) is 12.5 Å². The normalized spacial score (nSPS) is 36.3. The molecule has 2 aliphatic rings. The fourth-order valence-corrected chi connectivity index (χ4v) is 2.53. The minimum Gasteiger partial charge on any atom is -0.298 e. The summed E-state index contributed by atoms with van der Waals surface area (Å²) in [6.07, 6.45) is 1.45. The first kappa shape index (κ1) is 12.1. The molecule has 0 aliphatic heterocycles. The van der Waals surface area contributed by atoms with Crippen LogP contribution in [-0.2, 0) is 4.79 Å². The zero-order valence-electron chi connectivity index (χ0n) is 9.58. The van der Waals surface area contributed by atoms with Crippen LogP contribution in [0.5, 0.6) is 0 Å². The number of halogens is 3. The molecular weight excluding hydrogens is 229 g/mol. The minimum atomic E-state index is -4.49. The number of hydrogen-bond acceptors (Lipinski definition) is 1. The molecule has 1 nitrogen and oxygen atoms in total. The van der Waals surface area contributed by atoms with E-state index in [1.54, 1.807) is 6.08 Å². The minimum absolute atomic E-state index is 0.225. The molecule has 3 atom stereocenters. The average Bonchev–Trinajstić information content (AvgIpc) is 2.67. The summed E-state index contributed by atoms with van der Waals surface area (Å²) in [5, 5.41) is 0. The van der Waals surface area contributed by atoms with Crippen LogP contribution in [0.25, 0.3) is 0 Å². The van der Waals surface area contributed by atoms with Gasteiger partial charge in [0.25, 0.3) is 0 Å². The van der Waals surface area contributed by atoms with E-state index in [0.717, 1.165) is 6.08 Å². The van der Waals surface area contributed by atoms with Crippen molar-refractivity contribution in [3.05, 3.63) is 35.5 Å². The van der Waals surface area contributed by atoms with Crippen molar-refractivity contribution in [2.75, 3.05) is 0 Å². The van der Waals surface area contributed by atoms with Crippen molar-refractivity contribution in [2.24, 2.45) is 17.3 Å². The molecule has 0 N–H and O–H groups in total. The molecule has 0 aromatic rings. The van der Waals surface area contributed by atoms with Crippen molar-refractivity contribution in [1.82, 2.24) is 0 Å². The molecule has 0 spiro atoms. The number of aldehydes is 1. The van der Waals surface area contributed by atoms with E-state index in [-0.39, 0.29) is 22.8 Å². The van der Waals surface area contributed by atoms with Crippen molar-refractivity contribution in [3.63, 3.8) is 0 Å². The van der Waals surface area contributed by atoms with E-state index in [0.29, 0.717) is 6.29 Å². The molecule has 0 aromatic heterocycles. The first-order valence-electron chi connectivity index (χ1n) is 5.45. The lowest BCUT2D eigenvalue weighted by atomic mass is 9.95. The van der Waals surface area contributed by atoms with E-state index in [9.17, 15) is 18.0 Å². The molecule has 0 aromatic carbocycles. The van der Waals surface area contributed by atoms with E-state index in [2.05, 4.69) is 0 Å². The molecule has 0 bridgehead atoms. The second-order valence-corrected chi connectivity index (χ2v) is 4.86. The highest BCUT2D eigenvalue weighted by Crippen LogP contribution is 2.61. The van der Waals surface area contributed by atoms with Crippen LogP contribution in [0.2, 0.25) is 0 Å². The quantitative estimate of drug-likeness (QED) is 0.644. The molecule has 92 valence electrons. The molecule has 2 aliphatic carbocycles. The summed E-state index contributed by atoms with van der Waals surface area (Å²) >= 11 is 0. The Morgan fingerprint density at radius 3 is 2.59 bits per heavy atom. The third-order valence-corrected chi connectivity index (χ3v) is 3.92. The summed E-state index contributed by atoms with van der Waals surface area (Å²) in [4.78, 5) is 10.9. The molecular formula is C13H13F3O. The molecule has 0 radical (unpaired) electrons. The summed E-state index contributed by atoms with van der Waals surface area (Å²) in [5.74, 6) is 0.498. The smallest absolute Gasteiger partial charge is 0.298 e. The van der Waals surface area contributed by atoms with Crippen LogP contribution in [0, 0.1) is 17.3 Å². The van der Waals surface area contributed by atoms with E-state index in [1.165, 1.54) is 12.2 Å². The number of alkyl halides is 3. The summed E-state index contributed by atoms with van der Waals surface area (Å²) in [6.45, 7) is 3.86. The highest BCUT2D eigenvalue weighted by atomic mass is 19.4. The SMILES string of the molecule is CC1C2C=CC=C(C(F)(F)F)C(C=O)=C[C@]12C. The first-order valence-corrected chi connectivity index (χ1v) is 5.45. The molecule has 1 saturated carbocycles. The Labute approximate surface area is 97.7 Å². The Balaban J connectivity index is 2.49. The second-order valence-electron chi connectivity index (χ2n) is 4.86. The number of rotatable bonds is 1. The maximum atomic E-state index is 12.8. The third-order valence-electron chi connectivity index (χ3n) is 3.92. The zero-order valence-corrected chi connectivity index (χ0v) is 9.58. The van der Waals surface area contributed by atoms with Crippen molar-refractivity contribution in [2.45, 2.75) is 20.0 Å². The van der Waals surface area contributed by atoms with Gasteiger partial charge < -0.3 is 0 Å². The van der Waals surface area contributed by atoms with Crippen molar-refractivity contribution < 1.29 is 18.0 Å². The van der Waals surface area contributed by atoms with Gasteiger partial charge in [0.1, 0.15) is 6.29 Å². The fraction of sp³-hybridized carbons (Fsp3) is 0.462. The standard InChI is InChI=1S/C13H13F3O/c1-8-10-4-3-5-11(13(14,15)16)9(7-17)6-12(8,10)2/h3-8,10H,1-2H3/t8?,10?,12-/m1/s1. The van der Waals surface area contributed by atoms with Gasteiger partial charge in [0.05, 0.1) is 5.57 Å². The summed E-state index contributed by atoms with van der Waals surface area (Å²) in [5.41, 5.74) is -1.43. The van der Waals surface area contributed by atoms with E-state index < -0.39 is 11.7 Å². The summed E-state index contributed by atoms with van der Waals surface area (Å²) in [6, 6.07) is 0. The Kier molecular flexibility index (Phi) is 2.56. The van der Waals surface area contributed by atoms with Crippen LogP contribution in [0.3, 0.4) is 0 Å². The first-order chi connectivity index (χ1) is 7.80. The lowest BCUT2D eigenvalue weighted by Gasteiger charge is -2.14. The molecule has 2 rings (SSSR count). The Morgan fingerprint density at radius 2 is 2.06 bits per heavy atom. The van der Waals surface area contributed by atoms with Crippen LogP contribution in [0.1, 0.15) is 13.8 Å². The van der Waals surface area contributed by atoms with Gasteiger partial charge in [0, 0.05) is 5.57 Å². The maximum Gasteiger partial charge on any atom is 0.417 e. The van der Waals surface area contributed by atoms with Gasteiger partial charge in [0.2, 0.25) is 0 Å². The second kappa shape index (κ2) is 3.59. The predicted octanol–water partition coefficient (Wildman–Crippen LogP) is 3.44. The number of carbonyl (C=O) groups excluding carboxylic acids is 1. The fourth-order valence-electron chi connectivity index (χ4n) is 2.53. The maximum absolute atomic E-state index is 12.8. The van der Waals surface area contributed by atoms with Crippen LogP contribution >= 0.6 is 0 Å². The average molecular weight is 242 g/mol. The highest BCUT2D eigenvalue weighted by Gasteiger charge is 2.56. The van der Waals surface area contributed by atoms with E-state index >= 15 is 0 Å². The van der Waals surface area contributed by atoms with Crippen LogP contribution in [0.15, 0.2) is 35.5 Å².